The summed E-state index contributed by atoms with van der Waals surface area (Å²) in [6, 6.07) is 5.10. The van der Waals surface area contributed by atoms with Gasteiger partial charge in [0.25, 0.3) is 0 Å². The molecular formula is C14H13Cl3FN. The predicted molar refractivity (Wildman–Crippen MR) is 80.8 cm³/mol. The van der Waals surface area contributed by atoms with Crippen molar-refractivity contribution in [1.82, 2.24) is 0 Å². The first-order valence-electron chi connectivity index (χ1n) is 5.78. The summed E-state index contributed by atoms with van der Waals surface area (Å²) in [6.07, 6.45) is 2.01. The maximum atomic E-state index is 14.2. The summed E-state index contributed by atoms with van der Waals surface area (Å²) in [5.41, 5.74) is 1.34. The van der Waals surface area contributed by atoms with E-state index in [1.807, 2.05) is 25.1 Å². The van der Waals surface area contributed by atoms with Gasteiger partial charge in [-0.3, -0.25) is 0 Å². The van der Waals surface area contributed by atoms with Crippen LogP contribution in [0.4, 0.5) is 10.1 Å². The summed E-state index contributed by atoms with van der Waals surface area (Å²) in [4.78, 5) is 1.84. The highest BCUT2D eigenvalue weighted by Gasteiger charge is 2.25. The number of hydrogen-bond acceptors (Lipinski definition) is 1. The van der Waals surface area contributed by atoms with Gasteiger partial charge >= 0.3 is 0 Å². The van der Waals surface area contributed by atoms with Crippen LogP contribution >= 0.6 is 34.8 Å². The lowest BCUT2D eigenvalue weighted by molar-refractivity contribution is 0.597. The maximum Gasteiger partial charge on any atom is 0.129 e. The first kappa shape index (κ1) is 14.7. The Morgan fingerprint density at radius 3 is 2.47 bits per heavy atom. The second-order valence-corrected chi connectivity index (χ2v) is 5.94. The average Bonchev–Trinajstić information content (AvgIpc) is 2.34. The van der Waals surface area contributed by atoms with Gasteiger partial charge in [-0.1, -0.05) is 40.9 Å². The van der Waals surface area contributed by atoms with E-state index in [9.17, 15) is 4.39 Å². The van der Waals surface area contributed by atoms with Crippen molar-refractivity contribution in [3.05, 3.63) is 50.8 Å². The monoisotopic (exact) mass is 319 g/mol. The Balaban J connectivity index is 2.37. The van der Waals surface area contributed by atoms with Gasteiger partial charge < -0.3 is 4.90 Å². The molecule has 1 unspecified atom stereocenters. The van der Waals surface area contributed by atoms with E-state index in [2.05, 4.69) is 0 Å². The molecule has 0 spiro atoms. The molecule has 102 valence electrons. The summed E-state index contributed by atoms with van der Waals surface area (Å²) in [7, 11) is 3.72. The van der Waals surface area contributed by atoms with Crippen molar-refractivity contribution < 1.29 is 4.39 Å². The number of rotatable bonds is 2. The zero-order valence-corrected chi connectivity index (χ0v) is 12.8. The van der Waals surface area contributed by atoms with Gasteiger partial charge in [-0.15, -0.1) is 0 Å². The quantitative estimate of drug-likeness (QED) is 0.724. The van der Waals surface area contributed by atoms with E-state index in [-0.39, 0.29) is 11.7 Å². The molecule has 0 saturated heterocycles. The number of anilines is 1. The van der Waals surface area contributed by atoms with Crippen molar-refractivity contribution in [3.8, 4) is 0 Å². The Labute approximate surface area is 127 Å². The van der Waals surface area contributed by atoms with Crippen LogP contribution in [0.25, 0.3) is 0 Å². The van der Waals surface area contributed by atoms with E-state index in [1.165, 1.54) is 6.07 Å². The van der Waals surface area contributed by atoms with Crippen LogP contribution < -0.4 is 4.90 Å². The van der Waals surface area contributed by atoms with Gasteiger partial charge in [0.2, 0.25) is 0 Å². The minimum Gasteiger partial charge on any atom is -0.378 e. The third-order valence-electron chi connectivity index (χ3n) is 3.12. The van der Waals surface area contributed by atoms with Gasteiger partial charge in [0.05, 0.1) is 5.03 Å². The summed E-state index contributed by atoms with van der Waals surface area (Å²) in [6.45, 7) is 0. The van der Waals surface area contributed by atoms with Gasteiger partial charge in [0, 0.05) is 35.8 Å². The summed E-state index contributed by atoms with van der Waals surface area (Å²) >= 11 is 18.1. The molecule has 0 aliphatic heterocycles. The Bertz CT molecular complexity index is 564. The lowest BCUT2D eigenvalue weighted by Crippen LogP contribution is -2.11. The van der Waals surface area contributed by atoms with Crippen molar-refractivity contribution in [3.63, 3.8) is 0 Å². The van der Waals surface area contributed by atoms with Crippen molar-refractivity contribution in [2.24, 2.45) is 0 Å². The van der Waals surface area contributed by atoms with Crippen LogP contribution in [0.3, 0.4) is 0 Å². The molecule has 0 heterocycles. The van der Waals surface area contributed by atoms with Crippen LogP contribution in [0.5, 0.6) is 0 Å². The third kappa shape index (κ3) is 3.07. The zero-order valence-electron chi connectivity index (χ0n) is 10.6. The highest BCUT2D eigenvalue weighted by atomic mass is 35.5. The lowest BCUT2D eigenvalue weighted by Gasteiger charge is -2.22. The molecule has 0 saturated carbocycles. The molecule has 1 aromatic rings. The second-order valence-electron chi connectivity index (χ2n) is 4.64. The molecule has 1 aliphatic carbocycles. The number of halogens is 4. The van der Waals surface area contributed by atoms with Crippen LogP contribution in [0, 0.1) is 5.82 Å². The smallest absolute Gasteiger partial charge is 0.129 e. The van der Waals surface area contributed by atoms with E-state index >= 15 is 0 Å². The van der Waals surface area contributed by atoms with Crippen molar-refractivity contribution in [1.29, 1.82) is 0 Å². The van der Waals surface area contributed by atoms with Crippen molar-refractivity contribution in [2.75, 3.05) is 19.0 Å². The SMILES string of the molecule is CN(C)c1ccc(C2CC(Cl)=C(Cl)C=C2Cl)c(F)c1. The molecular weight excluding hydrogens is 308 g/mol. The third-order valence-corrected chi connectivity index (χ3v) is 4.28. The summed E-state index contributed by atoms with van der Waals surface area (Å²) in [5.74, 6) is -0.557. The predicted octanol–water partition coefficient (Wildman–Crippen LogP) is 5.19. The Morgan fingerprint density at radius 2 is 1.89 bits per heavy atom. The van der Waals surface area contributed by atoms with Crippen LogP contribution in [-0.4, -0.2) is 14.1 Å². The van der Waals surface area contributed by atoms with E-state index < -0.39 is 0 Å². The summed E-state index contributed by atoms with van der Waals surface area (Å²) < 4.78 is 14.2. The fourth-order valence-corrected chi connectivity index (χ4v) is 2.77. The molecule has 0 aromatic heterocycles. The van der Waals surface area contributed by atoms with Crippen molar-refractivity contribution >= 4 is 40.5 Å². The molecule has 5 heteroatoms. The molecule has 2 rings (SSSR count). The number of allylic oxidation sites excluding steroid dienone is 4. The summed E-state index contributed by atoms with van der Waals surface area (Å²) in [5, 5.41) is 1.44. The fourth-order valence-electron chi connectivity index (χ4n) is 2.01. The standard InChI is InChI=1S/C14H13Cl3FN/c1-19(2)8-3-4-9(14(18)5-8)10-6-12(16)13(17)7-11(10)15/h3-5,7,10H,6H2,1-2H3. The Kier molecular flexibility index (Phi) is 4.44. The van der Waals surface area contributed by atoms with Crippen LogP contribution in [0.15, 0.2) is 39.4 Å². The topological polar surface area (TPSA) is 3.24 Å². The highest BCUT2D eigenvalue weighted by molar-refractivity contribution is 6.42. The molecule has 1 atom stereocenters. The Morgan fingerprint density at radius 1 is 1.21 bits per heavy atom. The fraction of sp³-hybridized carbons (Fsp3) is 0.286. The van der Waals surface area contributed by atoms with Crippen LogP contribution in [0.2, 0.25) is 0 Å². The van der Waals surface area contributed by atoms with E-state index in [0.717, 1.165) is 5.69 Å². The molecule has 0 radical (unpaired) electrons. The normalized spacial score (nSPS) is 19.5. The molecule has 1 nitrogen and oxygen atoms in total. The first-order chi connectivity index (χ1) is 8.90. The van der Waals surface area contributed by atoms with E-state index in [0.29, 0.717) is 27.1 Å². The van der Waals surface area contributed by atoms with Crippen LogP contribution in [-0.2, 0) is 0 Å². The second kappa shape index (κ2) is 5.74. The van der Waals surface area contributed by atoms with Gasteiger partial charge in [-0.05, 0) is 30.2 Å². The van der Waals surface area contributed by atoms with E-state index in [1.54, 1.807) is 12.1 Å². The van der Waals surface area contributed by atoms with Gasteiger partial charge in [-0.2, -0.15) is 0 Å². The largest absolute Gasteiger partial charge is 0.378 e. The molecule has 19 heavy (non-hydrogen) atoms. The highest BCUT2D eigenvalue weighted by Crippen LogP contribution is 2.42. The minimum atomic E-state index is -0.287. The molecule has 0 bridgehead atoms. The number of benzene rings is 1. The van der Waals surface area contributed by atoms with Crippen molar-refractivity contribution in [2.45, 2.75) is 12.3 Å². The zero-order chi connectivity index (χ0) is 14.2. The molecule has 0 amide bonds. The average molecular weight is 321 g/mol. The van der Waals surface area contributed by atoms with Gasteiger partial charge in [-0.25, -0.2) is 4.39 Å². The van der Waals surface area contributed by atoms with Crippen LogP contribution in [0.1, 0.15) is 17.9 Å². The van der Waals surface area contributed by atoms with E-state index in [4.69, 9.17) is 34.8 Å². The van der Waals surface area contributed by atoms with Gasteiger partial charge in [0.1, 0.15) is 5.82 Å². The maximum absolute atomic E-state index is 14.2. The van der Waals surface area contributed by atoms with Gasteiger partial charge in [0.15, 0.2) is 0 Å². The molecule has 1 aliphatic rings. The molecule has 1 aromatic carbocycles. The first-order valence-corrected chi connectivity index (χ1v) is 6.91. The molecule has 0 fully saturated rings. The lowest BCUT2D eigenvalue weighted by atomic mass is 9.91. The number of hydrogen-bond donors (Lipinski definition) is 0. The minimum absolute atomic E-state index is 0.270. The molecule has 0 N–H and O–H groups in total. The number of nitrogens with zero attached hydrogens (tertiary/aromatic N) is 1. The Hall–Kier alpha value is -0.700.